The molecule has 0 radical (unpaired) electrons. The van der Waals surface area contributed by atoms with E-state index in [-0.39, 0.29) is 12.0 Å². The molecule has 0 aliphatic rings. The van der Waals surface area contributed by atoms with Crippen molar-refractivity contribution in [3.05, 3.63) is 0 Å². The molecule has 0 aromatic heterocycles. The zero-order valence-electron chi connectivity index (χ0n) is 16.8. The van der Waals surface area contributed by atoms with E-state index in [1.807, 2.05) is 0 Å². The summed E-state index contributed by atoms with van der Waals surface area (Å²) < 4.78 is 11.7. The van der Waals surface area contributed by atoms with E-state index in [0.717, 1.165) is 45.3 Å². The second kappa shape index (κ2) is 10.7. The summed E-state index contributed by atoms with van der Waals surface area (Å²) in [5, 5.41) is 9.79. The van der Waals surface area contributed by atoms with Gasteiger partial charge in [0.05, 0.1) is 19.8 Å². The van der Waals surface area contributed by atoms with Gasteiger partial charge in [-0.1, -0.05) is 48.5 Å². The van der Waals surface area contributed by atoms with E-state index in [9.17, 15) is 5.11 Å². The molecule has 23 heavy (non-hydrogen) atoms. The molecular formula is C20H42O3. The highest BCUT2D eigenvalue weighted by Crippen LogP contribution is 2.25. The molecule has 0 aromatic carbocycles. The van der Waals surface area contributed by atoms with Gasteiger partial charge < -0.3 is 14.6 Å². The summed E-state index contributed by atoms with van der Waals surface area (Å²) in [6, 6.07) is 0. The minimum absolute atomic E-state index is 0.127. The third-order valence-corrected chi connectivity index (χ3v) is 4.33. The maximum atomic E-state index is 9.79. The lowest BCUT2D eigenvalue weighted by molar-refractivity contribution is -0.0553. The molecule has 3 nitrogen and oxygen atoms in total. The van der Waals surface area contributed by atoms with Crippen LogP contribution in [-0.2, 0) is 9.47 Å². The molecule has 0 fully saturated rings. The lowest BCUT2D eigenvalue weighted by Gasteiger charge is -2.30. The lowest BCUT2D eigenvalue weighted by atomic mass is 9.88. The number of aliphatic hydroxyl groups excluding tert-OH is 1. The van der Waals surface area contributed by atoms with Crippen molar-refractivity contribution < 1.29 is 14.6 Å². The van der Waals surface area contributed by atoms with Crippen molar-refractivity contribution in [2.24, 2.45) is 16.2 Å². The Morgan fingerprint density at radius 1 is 0.739 bits per heavy atom. The predicted molar refractivity (Wildman–Crippen MR) is 98.8 cm³/mol. The minimum Gasteiger partial charge on any atom is -0.396 e. The van der Waals surface area contributed by atoms with Crippen LogP contribution in [0.4, 0.5) is 0 Å². The third kappa shape index (κ3) is 12.9. The van der Waals surface area contributed by atoms with E-state index in [0.29, 0.717) is 24.0 Å². The van der Waals surface area contributed by atoms with Gasteiger partial charge in [-0.3, -0.25) is 0 Å². The highest BCUT2D eigenvalue weighted by molar-refractivity contribution is 4.77. The van der Waals surface area contributed by atoms with E-state index < -0.39 is 0 Å². The number of hydrogen-bond donors (Lipinski definition) is 1. The fraction of sp³-hybridized carbons (Fsp3) is 1.00. The van der Waals surface area contributed by atoms with Gasteiger partial charge in [0.25, 0.3) is 0 Å². The minimum atomic E-state index is -0.247. The Kier molecular flexibility index (Phi) is 10.6. The van der Waals surface area contributed by atoms with Crippen LogP contribution >= 0.6 is 0 Å². The average Bonchev–Trinajstić information content (AvgIpc) is 2.42. The molecule has 0 spiro atoms. The highest BCUT2D eigenvalue weighted by Gasteiger charge is 2.28. The first-order valence-corrected chi connectivity index (χ1v) is 9.30. The fourth-order valence-electron chi connectivity index (χ4n) is 2.44. The fourth-order valence-corrected chi connectivity index (χ4v) is 2.44. The molecule has 0 amide bonds. The van der Waals surface area contributed by atoms with E-state index in [1.54, 1.807) is 0 Å². The van der Waals surface area contributed by atoms with Crippen LogP contribution in [-0.4, -0.2) is 38.1 Å². The first-order valence-electron chi connectivity index (χ1n) is 9.30. The lowest BCUT2D eigenvalue weighted by Crippen LogP contribution is -2.36. The zero-order chi connectivity index (χ0) is 18.0. The normalized spacial score (nSPS) is 13.6. The molecule has 0 atom stereocenters. The number of aliphatic hydroxyl groups is 1. The van der Waals surface area contributed by atoms with Crippen molar-refractivity contribution in [3.8, 4) is 0 Å². The molecule has 0 aliphatic heterocycles. The van der Waals surface area contributed by atoms with Gasteiger partial charge in [0.1, 0.15) is 0 Å². The van der Waals surface area contributed by atoms with Gasteiger partial charge >= 0.3 is 0 Å². The van der Waals surface area contributed by atoms with Crippen molar-refractivity contribution >= 4 is 0 Å². The number of ether oxygens (including phenoxy) is 2. The smallest absolute Gasteiger partial charge is 0.0566 e. The Morgan fingerprint density at radius 3 is 1.39 bits per heavy atom. The Balaban J connectivity index is 4.00. The summed E-state index contributed by atoms with van der Waals surface area (Å²) in [6.07, 6.45) is 5.34. The van der Waals surface area contributed by atoms with Crippen LogP contribution in [0.1, 0.15) is 80.6 Å². The maximum Gasteiger partial charge on any atom is 0.0566 e. The molecule has 140 valence electrons. The Labute approximate surface area is 145 Å². The second-order valence-electron chi connectivity index (χ2n) is 9.45. The molecule has 1 N–H and O–H groups in total. The second-order valence-corrected chi connectivity index (χ2v) is 9.45. The summed E-state index contributed by atoms with van der Waals surface area (Å²) in [5.41, 5.74) is 0.472. The van der Waals surface area contributed by atoms with Crippen molar-refractivity contribution in [1.29, 1.82) is 0 Å². The van der Waals surface area contributed by atoms with Crippen LogP contribution in [0.15, 0.2) is 0 Å². The molecule has 0 saturated heterocycles. The molecule has 0 unspecified atom stereocenters. The van der Waals surface area contributed by atoms with Crippen LogP contribution < -0.4 is 0 Å². The largest absolute Gasteiger partial charge is 0.396 e. The van der Waals surface area contributed by atoms with Gasteiger partial charge in [0.2, 0.25) is 0 Å². The van der Waals surface area contributed by atoms with Crippen LogP contribution in [0.2, 0.25) is 0 Å². The summed E-state index contributed by atoms with van der Waals surface area (Å²) in [6.45, 7) is 18.5. The van der Waals surface area contributed by atoms with Gasteiger partial charge in [-0.15, -0.1) is 0 Å². The Morgan fingerprint density at radius 2 is 1.13 bits per heavy atom. The summed E-state index contributed by atoms with van der Waals surface area (Å²) in [5.74, 6) is 0. The maximum absolute atomic E-state index is 9.79. The molecular weight excluding hydrogens is 288 g/mol. The summed E-state index contributed by atoms with van der Waals surface area (Å²) in [4.78, 5) is 0. The molecule has 0 heterocycles. The number of hydrogen-bond acceptors (Lipinski definition) is 3. The summed E-state index contributed by atoms with van der Waals surface area (Å²) in [7, 11) is 0. The van der Waals surface area contributed by atoms with Crippen molar-refractivity contribution in [3.63, 3.8) is 0 Å². The molecule has 3 heteroatoms. The number of rotatable bonds is 12. The van der Waals surface area contributed by atoms with Crippen LogP contribution in [0.3, 0.4) is 0 Å². The predicted octanol–water partition coefficient (Wildman–Crippen LogP) is 5.06. The average molecular weight is 331 g/mol. The van der Waals surface area contributed by atoms with Crippen LogP contribution in [0.5, 0.6) is 0 Å². The first-order chi connectivity index (χ1) is 10.5. The highest BCUT2D eigenvalue weighted by atomic mass is 16.5. The standard InChI is InChI=1S/C20H42O3/c1-8-20(15-21,16-22-13-9-11-18(2,3)4)17-23-14-10-12-19(5,6)7/h21H,8-17H2,1-7H3. The van der Waals surface area contributed by atoms with E-state index in [1.165, 1.54) is 0 Å². The topological polar surface area (TPSA) is 38.7 Å². The molecule has 0 bridgehead atoms. The third-order valence-electron chi connectivity index (χ3n) is 4.33. The van der Waals surface area contributed by atoms with Gasteiger partial charge in [-0.2, -0.15) is 0 Å². The molecule has 0 rings (SSSR count). The van der Waals surface area contributed by atoms with E-state index >= 15 is 0 Å². The summed E-state index contributed by atoms with van der Waals surface area (Å²) >= 11 is 0. The molecule has 0 aromatic rings. The van der Waals surface area contributed by atoms with Crippen LogP contribution in [0.25, 0.3) is 0 Å². The molecule has 0 aliphatic carbocycles. The quantitative estimate of drug-likeness (QED) is 0.508. The van der Waals surface area contributed by atoms with E-state index in [4.69, 9.17) is 9.47 Å². The van der Waals surface area contributed by atoms with Crippen molar-refractivity contribution in [2.75, 3.05) is 33.0 Å². The Hall–Kier alpha value is -0.120. The first kappa shape index (κ1) is 22.9. The monoisotopic (exact) mass is 330 g/mol. The van der Waals surface area contributed by atoms with Crippen molar-refractivity contribution in [1.82, 2.24) is 0 Å². The SMILES string of the molecule is CCC(CO)(COCCCC(C)(C)C)COCCCC(C)(C)C. The van der Waals surface area contributed by atoms with Crippen molar-refractivity contribution in [2.45, 2.75) is 80.6 Å². The van der Waals surface area contributed by atoms with Gasteiger partial charge in [-0.05, 0) is 42.9 Å². The zero-order valence-corrected chi connectivity index (χ0v) is 16.8. The van der Waals surface area contributed by atoms with Gasteiger partial charge in [-0.25, -0.2) is 0 Å². The Bertz CT molecular complexity index is 256. The van der Waals surface area contributed by atoms with Gasteiger partial charge in [0.15, 0.2) is 0 Å². The van der Waals surface area contributed by atoms with Gasteiger partial charge in [0, 0.05) is 18.6 Å². The van der Waals surface area contributed by atoms with E-state index in [2.05, 4.69) is 48.5 Å². The van der Waals surface area contributed by atoms with Crippen LogP contribution in [0, 0.1) is 16.2 Å². The molecule has 0 saturated carbocycles.